The lowest BCUT2D eigenvalue weighted by Gasteiger charge is -2.10. The monoisotopic (exact) mass is 316 g/mol. The third-order valence-corrected chi connectivity index (χ3v) is 3.89. The van der Waals surface area contributed by atoms with Crippen LogP contribution in [0.2, 0.25) is 0 Å². The smallest absolute Gasteiger partial charge is 0.127 e. The Kier molecular flexibility index (Phi) is 4.66. The van der Waals surface area contributed by atoms with E-state index in [0.29, 0.717) is 5.76 Å². The molecule has 0 aliphatic carbocycles. The Hall–Kier alpha value is -3.00. The lowest BCUT2D eigenvalue weighted by atomic mass is 10.0. The molecule has 0 atom stereocenters. The Morgan fingerprint density at radius 2 is 1.21 bits per heavy atom. The van der Waals surface area contributed by atoms with E-state index >= 15 is 0 Å². The van der Waals surface area contributed by atoms with Gasteiger partial charge in [-0.2, -0.15) is 0 Å². The summed E-state index contributed by atoms with van der Waals surface area (Å²) in [5.41, 5.74) is 4.55. The highest BCUT2D eigenvalue weighted by Crippen LogP contribution is 2.26. The fraction of sp³-hybridized carbons (Fsp3) is 0.0909. The molecule has 0 N–H and O–H groups in total. The van der Waals surface area contributed by atoms with Gasteiger partial charge in [-0.25, -0.2) is 0 Å². The van der Waals surface area contributed by atoms with Gasteiger partial charge in [0.15, 0.2) is 0 Å². The second-order valence-electron chi connectivity index (χ2n) is 5.64. The first-order valence-corrected chi connectivity index (χ1v) is 7.84. The van der Waals surface area contributed by atoms with Crippen molar-refractivity contribution in [2.45, 2.75) is 6.92 Å². The molecule has 0 bridgehead atoms. The van der Waals surface area contributed by atoms with E-state index in [1.165, 1.54) is 11.1 Å². The molecule has 2 heteroatoms. The molecule has 0 fully saturated rings. The van der Waals surface area contributed by atoms with Crippen LogP contribution in [0, 0.1) is 6.92 Å². The average molecular weight is 316 g/mol. The van der Waals surface area contributed by atoms with E-state index in [0.717, 1.165) is 22.6 Å². The summed E-state index contributed by atoms with van der Waals surface area (Å²) in [6.07, 6.45) is 0. The van der Waals surface area contributed by atoms with Crippen molar-refractivity contribution in [3.8, 4) is 22.6 Å². The van der Waals surface area contributed by atoms with Gasteiger partial charge in [0.25, 0.3) is 0 Å². The van der Waals surface area contributed by atoms with Crippen molar-refractivity contribution in [1.29, 1.82) is 0 Å². The van der Waals surface area contributed by atoms with Crippen LogP contribution in [0.4, 0.5) is 0 Å². The van der Waals surface area contributed by atoms with E-state index in [1.807, 2.05) is 36.4 Å². The molecule has 0 heterocycles. The molecule has 2 nitrogen and oxygen atoms in total. The molecule has 24 heavy (non-hydrogen) atoms. The topological polar surface area (TPSA) is 18.5 Å². The molecule has 120 valence electrons. The minimum absolute atomic E-state index is 0.612. The molecule has 3 rings (SSSR count). The van der Waals surface area contributed by atoms with Gasteiger partial charge in [-0.1, -0.05) is 48.5 Å². The van der Waals surface area contributed by atoms with Crippen LogP contribution < -0.4 is 9.47 Å². The quantitative estimate of drug-likeness (QED) is 0.560. The van der Waals surface area contributed by atoms with E-state index in [9.17, 15) is 0 Å². The van der Waals surface area contributed by atoms with E-state index in [4.69, 9.17) is 9.47 Å². The molecule has 3 aromatic rings. The molecule has 0 aliphatic heterocycles. The minimum Gasteiger partial charge on any atom is -0.497 e. The summed E-state index contributed by atoms with van der Waals surface area (Å²) in [6, 6.07) is 24.2. The predicted octanol–water partition coefficient (Wildman–Crippen LogP) is 5.72. The van der Waals surface area contributed by atoms with E-state index in [1.54, 1.807) is 7.11 Å². The van der Waals surface area contributed by atoms with Crippen LogP contribution in [0.5, 0.6) is 11.5 Å². The van der Waals surface area contributed by atoms with Gasteiger partial charge in [0.2, 0.25) is 0 Å². The van der Waals surface area contributed by atoms with Crippen LogP contribution in [0.1, 0.15) is 11.1 Å². The molecule has 0 spiro atoms. The van der Waals surface area contributed by atoms with Gasteiger partial charge in [-0.15, -0.1) is 0 Å². The molecular weight excluding hydrogens is 296 g/mol. The molecular formula is C22H20O2. The van der Waals surface area contributed by atoms with Crippen LogP contribution in [-0.2, 0) is 0 Å². The predicted molar refractivity (Wildman–Crippen MR) is 99.3 cm³/mol. The van der Waals surface area contributed by atoms with Crippen LogP contribution in [-0.4, -0.2) is 7.11 Å². The zero-order valence-corrected chi connectivity index (χ0v) is 14.0. The number of rotatable bonds is 5. The Balaban J connectivity index is 1.71. The van der Waals surface area contributed by atoms with Crippen LogP contribution in [0.3, 0.4) is 0 Å². The number of hydrogen-bond acceptors (Lipinski definition) is 2. The molecule has 0 unspecified atom stereocenters. The third kappa shape index (κ3) is 3.66. The van der Waals surface area contributed by atoms with Crippen molar-refractivity contribution in [3.63, 3.8) is 0 Å². The molecule has 0 aromatic heterocycles. The van der Waals surface area contributed by atoms with Gasteiger partial charge in [-0.05, 0) is 54.4 Å². The van der Waals surface area contributed by atoms with E-state index in [-0.39, 0.29) is 0 Å². The molecule has 0 saturated heterocycles. The van der Waals surface area contributed by atoms with Gasteiger partial charge >= 0.3 is 0 Å². The van der Waals surface area contributed by atoms with Crippen LogP contribution in [0.15, 0.2) is 79.4 Å². The average Bonchev–Trinajstić information content (AvgIpc) is 2.63. The summed E-state index contributed by atoms with van der Waals surface area (Å²) >= 11 is 0. The first-order chi connectivity index (χ1) is 11.7. The van der Waals surface area contributed by atoms with Gasteiger partial charge in [0.1, 0.15) is 17.3 Å². The maximum absolute atomic E-state index is 5.85. The number of methoxy groups -OCH3 is 1. The molecule has 3 aromatic carbocycles. The zero-order chi connectivity index (χ0) is 16.9. The van der Waals surface area contributed by atoms with Gasteiger partial charge < -0.3 is 9.47 Å². The number of hydrogen-bond donors (Lipinski definition) is 0. The fourth-order valence-electron chi connectivity index (χ4n) is 2.44. The Morgan fingerprint density at radius 3 is 1.75 bits per heavy atom. The Bertz CT molecular complexity index is 813. The third-order valence-electron chi connectivity index (χ3n) is 3.89. The Morgan fingerprint density at radius 1 is 0.708 bits per heavy atom. The molecule has 0 radical (unpaired) electrons. The zero-order valence-electron chi connectivity index (χ0n) is 14.0. The summed E-state index contributed by atoms with van der Waals surface area (Å²) in [6.45, 7) is 6.09. The second-order valence-corrected chi connectivity index (χ2v) is 5.64. The van der Waals surface area contributed by atoms with Crippen molar-refractivity contribution >= 4 is 5.76 Å². The lowest BCUT2D eigenvalue weighted by Crippen LogP contribution is -1.93. The maximum atomic E-state index is 5.85. The second kappa shape index (κ2) is 7.05. The Labute approximate surface area is 143 Å². The lowest BCUT2D eigenvalue weighted by molar-refractivity contribution is 0.414. The van der Waals surface area contributed by atoms with Crippen molar-refractivity contribution in [2.24, 2.45) is 0 Å². The molecule has 0 amide bonds. The normalized spacial score (nSPS) is 10.2. The van der Waals surface area contributed by atoms with Crippen molar-refractivity contribution < 1.29 is 9.47 Å². The SMILES string of the molecule is C=C(Oc1ccc(-c2ccc(C)cc2)cc1)c1ccc(OC)cc1. The van der Waals surface area contributed by atoms with Crippen LogP contribution >= 0.6 is 0 Å². The molecule has 0 aliphatic rings. The summed E-state index contributed by atoms with van der Waals surface area (Å²) in [5, 5.41) is 0. The van der Waals surface area contributed by atoms with Gasteiger partial charge in [0.05, 0.1) is 7.11 Å². The van der Waals surface area contributed by atoms with Crippen molar-refractivity contribution in [1.82, 2.24) is 0 Å². The van der Waals surface area contributed by atoms with Crippen molar-refractivity contribution in [3.05, 3.63) is 90.5 Å². The first kappa shape index (κ1) is 15.9. The maximum Gasteiger partial charge on any atom is 0.127 e. The summed E-state index contributed by atoms with van der Waals surface area (Å²) in [4.78, 5) is 0. The summed E-state index contributed by atoms with van der Waals surface area (Å²) in [5.74, 6) is 2.20. The van der Waals surface area contributed by atoms with E-state index < -0.39 is 0 Å². The number of aryl methyl sites for hydroxylation is 1. The largest absolute Gasteiger partial charge is 0.497 e. The van der Waals surface area contributed by atoms with Gasteiger partial charge in [-0.3, -0.25) is 0 Å². The number of ether oxygens (including phenoxy) is 2. The molecule has 0 saturated carbocycles. The van der Waals surface area contributed by atoms with E-state index in [2.05, 4.69) is 49.9 Å². The summed E-state index contributed by atoms with van der Waals surface area (Å²) < 4.78 is 11.0. The highest BCUT2D eigenvalue weighted by molar-refractivity contribution is 5.65. The highest BCUT2D eigenvalue weighted by Gasteiger charge is 2.04. The summed E-state index contributed by atoms with van der Waals surface area (Å²) in [7, 11) is 1.65. The first-order valence-electron chi connectivity index (χ1n) is 7.84. The van der Waals surface area contributed by atoms with Gasteiger partial charge in [0, 0.05) is 5.56 Å². The highest BCUT2D eigenvalue weighted by atomic mass is 16.5. The fourth-order valence-corrected chi connectivity index (χ4v) is 2.44. The van der Waals surface area contributed by atoms with Crippen LogP contribution in [0.25, 0.3) is 16.9 Å². The standard InChI is InChI=1S/C22H20O2/c1-16-4-6-19(7-5-16)20-10-14-22(15-11-20)24-17(2)18-8-12-21(23-3)13-9-18/h4-15H,2H2,1,3H3. The minimum atomic E-state index is 0.612. The van der Waals surface area contributed by atoms with Crippen molar-refractivity contribution in [2.75, 3.05) is 7.11 Å². The number of benzene rings is 3.